The zero-order valence-electron chi connectivity index (χ0n) is 11.9. The van der Waals surface area contributed by atoms with Crippen LogP contribution in [-0.2, 0) is 0 Å². The molecule has 1 N–H and O–H groups in total. The maximum absolute atomic E-state index is 5.91. The van der Waals surface area contributed by atoms with Gasteiger partial charge in [-0.1, -0.05) is 0 Å². The number of nitrogens with one attached hydrogen (secondary N) is 1. The molecular weight excluding hydrogens is 278 g/mol. The minimum absolute atomic E-state index is 0. The highest BCUT2D eigenvalue weighted by Crippen LogP contribution is 2.29. The monoisotopic (exact) mass is 293 g/mol. The standard InChI is InChI=1S/C16H13N5O.H2/c1-11-15-14(20-19-11)6-7-18-16(15)22-13-4-2-12(3-5-13)21-9-8-17-10-21;/h2-10H,1H3,(H,19,20);1H. The second-order valence-corrected chi connectivity index (χ2v) is 4.92. The fourth-order valence-electron chi connectivity index (χ4n) is 2.37. The maximum Gasteiger partial charge on any atom is 0.230 e. The van der Waals surface area contributed by atoms with Gasteiger partial charge in [0.05, 0.1) is 17.2 Å². The average Bonchev–Trinajstić information content (AvgIpc) is 3.19. The summed E-state index contributed by atoms with van der Waals surface area (Å²) in [6.07, 6.45) is 7.09. The number of aryl methyl sites for hydroxylation is 1. The SMILES string of the molecule is Cc1[nH]nc2ccnc(Oc3ccc(-n4ccnc4)cc3)c12.[HH]. The van der Waals surface area contributed by atoms with E-state index in [0.29, 0.717) is 5.88 Å². The number of aromatic nitrogens is 5. The van der Waals surface area contributed by atoms with E-state index in [1.54, 1.807) is 18.7 Å². The number of ether oxygens (including phenoxy) is 1. The van der Waals surface area contributed by atoms with E-state index in [9.17, 15) is 0 Å². The summed E-state index contributed by atoms with van der Waals surface area (Å²) in [6, 6.07) is 9.61. The Kier molecular flexibility index (Phi) is 2.86. The van der Waals surface area contributed by atoms with E-state index in [0.717, 1.165) is 28.0 Å². The van der Waals surface area contributed by atoms with Gasteiger partial charge in [-0.25, -0.2) is 9.97 Å². The van der Waals surface area contributed by atoms with E-state index in [1.807, 2.05) is 48.0 Å². The molecule has 0 aliphatic rings. The summed E-state index contributed by atoms with van der Waals surface area (Å²) >= 11 is 0. The molecule has 6 heteroatoms. The highest BCUT2D eigenvalue weighted by atomic mass is 16.5. The molecule has 4 rings (SSSR count). The van der Waals surface area contributed by atoms with E-state index in [1.165, 1.54) is 0 Å². The van der Waals surface area contributed by atoms with E-state index in [2.05, 4.69) is 20.2 Å². The number of aromatic amines is 1. The average molecular weight is 293 g/mol. The van der Waals surface area contributed by atoms with Crippen molar-refractivity contribution in [2.24, 2.45) is 0 Å². The fraction of sp³-hybridized carbons (Fsp3) is 0.0625. The molecule has 4 aromatic rings. The molecular formula is C16H15N5O. The Bertz CT molecular complexity index is 915. The van der Waals surface area contributed by atoms with E-state index >= 15 is 0 Å². The van der Waals surface area contributed by atoms with E-state index in [4.69, 9.17) is 4.74 Å². The fourth-order valence-corrected chi connectivity index (χ4v) is 2.37. The molecule has 0 aliphatic carbocycles. The van der Waals surface area contributed by atoms with Gasteiger partial charge in [0.15, 0.2) is 0 Å². The number of imidazole rings is 1. The van der Waals surface area contributed by atoms with Gasteiger partial charge in [-0.3, -0.25) is 5.10 Å². The molecule has 0 saturated heterocycles. The van der Waals surface area contributed by atoms with Crippen LogP contribution in [0.3, 0.4) is 0 Å². The van der Waals surface area contributed by atoms with Crippen LogP contribution in [0.4, 0.5) is 0 Å². The van der Waals surface area contributed by atoms with E-state index in [-0.39, 0.29) is 1.43 Å². The number of nitrogens with zero attached hydrogens (tertiary/aromatic N) is 4. The molecule has 0 spiro atoms. The highest BCUT2D eigenvalue weighted by molar-refractivity contribution is 5.85. The summed E-state index contributed by atoms with van der Waals surface area (Å²) in [5.74, 6) is 1.28. The van der Waals surface area contributed by atoms with Crippen molar-refractivity contribution in [1.82, 2.24) is 24.7 Å². The lowest BCUT2D eigenvalue weighted by Gasteiger charge is -2.07. The van der Waals surface area contributed by atoms with Gasteiger partial charge >= 0.3 is 0 Å². The topological polar surface area (TPSA) is 68.6 Å². The molecule has 0 fully saturated rings. The van der Waals surface area contributed by atoms with Crippen LogP contribution in [-0.4, -0.2) is 24.7 Å². The third kappa shape index (κ3) is 2.10. The van der Waals surface area contributed by atoms with Crippen LogP contribution in [0.2, 0.25) is 0 Å². The molecule has 0 amide bonds. The summed E-state index contributed by atoms with van der Waals surface area (Å²) in [4.78, 5) is 8.35. The summed E-state index contributed by atoms with van der Waals surface area (Å²) < 4.78 is 7.84. The Morgan fingerprint density at radius 2 is 2.00 bits per heavy atom. The molecule has 1 aromatic carbocycles. The predicted molar refractivity (Wildman–Crippen MR) is 84.4 cm³/mol. The normalized spacial score (nSPS) is 11.0. The van der Waals surface area contributed by atoms with Gasteiger partial charge in [-0.05, 0) is 37.3 Å². The van der Waals surface area contributed by atoms with E-state index < -0.39 is 0 Å². The summed E-state index contributed by atoms with van der Waals surface area (Å²) in [5, 5.41) is 8.07. The number of benzene rings is 1. The lowest BCUT2D eigenvalue weighted by molar-refractivity contribution is 0.469. The van der Waals surface area contributed by atoms with Gasteiger partial charge in [0.2, 0.25) is 5.88 Å². The van der Waals surface area contributed by atoms with Crippen molar-refractivity contribution < 1.29 is 6.16 Å². The zero-order valence-corrected chi connectivity index (χ0v) is 11.9. The van der Waals surface area contributed by atoms with Crippen LogP contribution in [0.1, 0.15) is 7.12 Å². The molecule has 0 saturated carbocycles. The number of H-pyrrole nitrogens is 1. The molecule has 3 aromatic heterocycles. The third-order valence-corrected chi connectivity index (χ3v) is 3.47. The Morgan fingerprint density at radius 1 is 1.14 bits per heavy atom. The van der Waals surface area contributed by atoms with Crippen LogP contribution >= 0.6 is 0 Å². The van der Waals surface area contributed by atoms with Crippen LogP contribution in [0.15, 0.2) is 55.2 Å². The molecule has 0 bridgehead atoms. The Morgan fingerprint density at radius 3 is 2.77 bits per heavy atom. The Labute approximate surface area is 127 Å². The first-order valence-corrected chi connectivity index (χ1v) is 6.87. The first-order valence-electron chi connectivity index (χ1n) is 6.87. The van der Waals surface area contributed by atoms with Crippen LogP contribution in [0.5, 0.6) is 11.6 Å². The second-order valence-electron chi connectivity index (χ2n) is 4.92. The lowest BCUT2D eigenvalue weighted by atomic mass is 10.2. The number of hydrogen-bond donors (Lipinski definition) is 1. The molecule has 0 atom stereocenters. The van der Waals surface area contributed by atoms with Crippen molar-refractivity contribution in [3.8, 4) is 17.3 Å². The van der Waals surface area contributed by atoms with Gasteiger partial charge in [-0.15, -0.1) is 0 Å². The molecule has 6 nitrogen and oxygen atoms in total. The minimum atomic E-state index is 0. The van der Waals surface area contributed by atoms with Crippen molar-refractivity contribution in [2.75, 3.05) is 0 Å². The van der Waals surface area contributed by atoms with Crippen molar-refractivity contribution in [3.05, 3.63) is 60.9 Å². The molecule has 3 heterocycles. The van der Waals surface area contributed by atoms with Crippen LogP contribution in [0, 0.1) is 6.92 Å². The first kappa shape index (κ1) is 12.6. The van der Waals surface area contributed by atoms with Crippen molar-refractivity contribution in [3.63, 3.8) is 0 Å². The smallest absolute Gasteiger partial charge is 0.230 e. The van der Waals surface area contributed by atoms with Crippen LogP contribution < -0.4 is 4.74 Å². The maximum atomic E-state index is 5.91. The van der Waals surface area contributed by atoms with Gasteiger partial charge in [0.25, 0.3) is 0 Å². The van der Waals surface area contributed by atoms with Gasteiger partial charge in [0, 0.05) is 31.4 Å². The number of fused-ring (bicyclic) bond motifs is 1. The predicted octanol–water partition coefficient (Wildman–Crippen LogP) is 3.49. The molecule has 110 valence electrons. The summed E-state index contributed by atoms with van der Waals surface area (Å²) in [6.45, 7) is 1.95. The largest absolute Gasteiger partial charge is 0.438 e. The van der Waals surface area contributed by atoms with Gasteiger partial charge < -0.3 is 9.30 Å². The van der Waals surface area contributed by atoms with Crippen molar-refractivity contribution in [2.45, 2.75) is 6.92 Å². The number of hydrogen-bond acceptors (Lipinski definition) is 4. The number of rotatable bonds is 3. The van der Waals surface area contributed by atoms with Crippen molar-refractivity contribution >= 4 is 10.9 Å². The molecule has 0 radical (unpaired) electrons. The van der Waals surface area contributed by atoms with Crippen molar-refractivity contribution in [1.29, 1.82) is 0 Å². The zero-order chi connectivity index (χ0) is 14.9. The minimum Gasteiger partial charge on any atom is -0.438 e. The second kappa shape index (κ2) is 5.00. The third-order valence-electron chi connectivity index (χ3n) is 3.47. The van der Waals surface area contributed by atoms with Gasteiger partial charge in [0.1, 0.15) is 5.75 Å². The molecule has 0 unspecified atom stereocenters. The lowest BCUT2D eigenvalue weighted by Crippen LogP contribution is -1.92. The first-order chi connectivity index (χ1) is 10.8. The van der Waals surface area contributed by atoms with Crippen LogP contribution in [0.25, 0.3) is 16.6 Å². The molecule has 22 heavy (non-hydrogen) atoms. The summed E-state index contributed by atoms with van der Waals surface area (Å²) in [7, 11) is 0. The highest BCUT2D eigenvalue weighted by Gasteiger charge is 2.10. The Hall–Kier alpha value is -3.15. The Balaban J connectivity index is 0.00000156. The van der Waals surface area contributed by atoms with Gasteiger partial charge in [-0.2, -0.15) is 5.10 Å². The quantitative estimate of drug-likeness (QED) is 0.628. The summed E-state index contributed by atoms with van der Waals surface area (Å²) in [5.41, 5.74) is 2.81. The molecule has 0 aliphatic heterocycles. The number of pyridine rings is 1.